The second-order valence-corrected chi connectivity index (χ2v) is 6.16. The molecular formula is C14H14S2. The Kier molecular flexibility index (Phi) is 4.37. The van der Waals surface area contributed by atoms with Crippen LogP contribution in [0.1, 0.15) is 17.7 Å². The van der Waals surface area contributed by atoms with E-state index in [1.807, 2.05) is 21.6 Å². The smallest absolute Gasteiger partial charge is 0.0376 e. The zero-order valence-electron chi connectivity index (χ0n) is 9.17. The van der Waals surface area contributed by atoms with Crippen LogP contribution in [0.25, 0.3) is 0 Å². The van der Waals surface area contributed by atoms with Crippen molar-refractivity contribution in [2.24, 2.45) is 0 Å². The van der Waals surface area contributed by atoms with Crippen LogP contribution in [0.15, 0.2) is 65.6 Å². The van der Waals surface area contributed by atoms with Gasteiger partial charge in [-0.05, 0) is 24.6 Å². The van der Waals surface area contributed by atoms with Crippen LogP contribution in [0.5, 0.6) is 0 Å². The van der Waals surface area contributed by atoms with E-state index in [1.165, 1.54) is 10.5 Å². The Morgan fingerprint density at radius 1 is 0.812 bits per heavy atom. The summed E-state index contributed by atoms with van der Waals surface area (Å²) in [6.07, 6.45) is 0. The topological polar surface area (TPSA) is 0 Å². The molecular weight excluding hydrogens is 232 g/mol. The van der Waals surface area contributed by atoms with E-state index in [-0.39, 0.29) is 0 Å². The molecule has 0 heterocycles. The second kappa shape index (κ2) is 6.02. The van der Waals surface area contributed by atoms with Crippen LogP contribution >= 0.6 is 21.6 Å². The van der Waals surface area contributed by atoms with Crippen LogP contribution in [0, 0.1) is 0 Å². The summed E-state index contributed by atoms with van der Waals surface area (Å²) in [6.45, 7) is 2.25. The molecule has 2 aromatic carbocycles. The molecule has 1 atom stereocenters. The van der Waals surface area contributed by atoms with Crippen LogP contribution in [0.2, 0.25) is 0 Å². The van der Waals surface area contributed by atoms with Gasteiger partial charge in [-0.15, -0.1) is 0 Å². The molecule has 0 bridgehead atoms. The molecule has 2 rings (SSSR count). The zero-order chi connectivity index (χ0) is 11.2. The Morgan fingerprint density at radius 3 is 2.00 bits per heavy atom. The third-order valence-electron chi connectivity index (χ3n) is 2.30. The highest BCUT2D eigenvalue weighted by atomic mass is 33.1. The quantitative estimate of drug-likeness (QED) is 0.681. The number of rotatable bonds is 4. The zero-order valence-corrected chi connectivity index (χ0v) is 10.8. The lowest BCUT2D eigenvalue weighted by atomic mass is 10.2. The maximum atomic E-state index is 2.25. The predicted molar refractivity (Wildman–Crippen MR) is 74.7 cm³/mol. The van der Waals surface area contributed by atoms with E-state index in [1.54, 1.807) is 0 Å². The Hall–Kier alpha value is -0.860. The van der Waals surface area contributed by atoms with Crippen LogP contribution in [0.3, 0.4) is 0 Å². The minimum Gasteiger partial charge on any atom is -0.0810 e. The summed E-state index contributed by atoms with van der Waals surface area (Å²) in [6, 6.07) is 21.1. The Labute approximate surface area is 105 Å². The minimum absolute atomic E-state index is 0.520. The maximum absolute atomic E-state index is 2.25. The van der Waals surface area contributed by atoms with Gasteiger partial charge in [0.1, 0.15) is 0 Å². The molecule has 0 amide bonds. The molecule has 82 valence electrons. The summed E-state index contributed by atoms with van der Waals surface area (Å²) in [4.78, 5) is 1.32. The SMILES string of the molecule is CC(SSc1ccccc1)c1ccccc1. The van der Waals surface area contributed by atoms with Crippen LogP contribution in [-0.4, -0.2) is 0 Å². The van der Waals surface area contributed by atoms with Gasteiger partial charge in [-0.1, -0.05) is 70.1 Å². The fourth-order valence-corrected chi connectivity index (χ4v) is 3.61. The fraction of sp³-hybridized carbons (Fsp3) is 0.143. The van der Waals surface area contributed by atoms with E-state index < -0.39 is 0 Å². The number of hydrogen-bond acceptors (Lipinski definition) is 2. The summed E-state index contributed by atoms with van der Waals surface area (Å²) in [7, 11) is 3.74. The van der Waals surface area contributed by atoms with Gasteiger partial charge in [-0.25, -0.2) is 0 Å². The molecule has 2 aromatic rings. The first-order valence-corrected chi connectivity index (χ1v) is 7.51. The third kappa shape index (κ3) is 3.32. The molecule has 0 spiro atoms. The van der Waals surface area contributed by atoms with Gasteiger partial charge in [0.25, 0.3) is 0 Å². The van der Waals surface area contributed by atoms with Gasteiger partial charge in [0.2, 0.25) is 0 Å². The van der Waals surface area contributed by atoms with Gasteiger partial charge >= 0.3 is 0 Å². The average Bonchev–Trinajstić information content (AvgIpc) is 2.38. The molecule has 0 aliphatic carbocycles. The molecule has 0 fully saturated rings. The van der Waals surface area contributed by atoms with Crippen molar-refractivity contribution in [3.05, 3.63) is 66.2 Å². The lowest BCUT2D eigenvalue weighted by Crippen LogP contribution is -1.84. The Morgan fingerprint density at radius 2 is 1.38 bits per heavy atom. The van der Waals surface area contributed by atoms with Gasteiger partial charge in [-0.3, -0.25) is 0 Å². The van der Waals surface area contributed by atoms with Crippen LogP contribution in [-0.2, 0) is 0 Å². The predicted octanol–water partition coefficient (Wildman–Crippen LogP) is 5.19. The summed E-state index contributed by atoms with van der Waals surface area (Å²) < 4.78 is 0. The van der Waals surface area contributed by atoms with Gasteiger partial charge in [0, 0.05) is 10.1 Å². The van der Waals surface area contributed by atoms with Gasteiger partial charge < -0.3 is 0 Å². The van der Waals surface area contributed by atoms with Gasteiger partial charge in [0.05, 0.1) is 0 Å². The maximum Gasteiger partial charge on any atom is 0.0376 e. The average molecular weight is 246 g/mol. The standard InChI is InChI=1S/C14H14S2/c1-12(13-8-4-2-5-9-13)15-16-14-10-6-3-7-11-14/h2-12H,1H3. The highest BCUT2D eigenvalue weighted by molar-refractivity contribution is 8.76. The summed E-state index contributed by atoms with van der Waals surface area (Å²) in [5, 5.41) is 0.520. The van der Waals surface area contributed by atoms with E-state index in [0.717, 1.165) is 0 Å². The molecule has 1 unspecified atom stereocenters. The van der Waals surface area contributed by atoms with Crippen molar-refractivity contribution in [1.82, 2.24) is 0 Å². The highest BCUT2D eigenvalue weighted by Gasteiger charge is 2.05. The van der Waals surface area contributed by atoms with Gasteiger partial charge in [-0.2, -0.15) is 0 Å². The van der Waals surface area contributed by atoms with Crippen molar-refractivity contribution in [3.8, 4) is 0 Å². The molecule has 0 aliphatic rings. The minimum atomic E-state index is 0.520. The molecule has 0 saturated heterocycles. The second-order valence-electron chi connectivity index (χ2n) is 3.55. The lowest BCUT2D eigenvalue weighted by molar-refractivity contribution is 1.11. The molecule has 0 aromatic heterocycles. The summed E-state index contributed by atoms with van der Waals surface area (Å²) in [5.41, 5.74) is 1.39. The molecule has 16 heavy (non-hydrogen) atoms. The normalized spacial score (nSPS) is 12.3. The van der Waals surface area contributed by atoms with E-state index >= 15 is 0 Å². The molecule has 0 aliphatic heterocycles. The number of hydrogen-bond donors (Lipinski definition) is 0. The van der Waals surface area contributed by atoms with Crippen molar-refractivity contribution in [2.45, 2.75) is 17.1 Å². The van der Waals surface area contributed by atoms with Crippen LogP contribution < -0.4 is 0 Å². The summed E-state index contributed by atoms with van der Waals surface area (Å²) in [5.74, 6) is 0. The number of benzene rings is 2. The highest BCUT2D eigenvalue weighted by Crippen LogP contribution is 2.41. The molecule has 0 radical (unpaired) electrons. The van der Waals surface area contributed by atoms with E-state index in [4.69, 9.17) is 0 Å². The van der Waals surface area contributed by atoms with Crippen LogP contribution in [0.4, 0.5) is 0 Å². The third-order valence-corrected chi connectivity index (χ3v) is 5.15. The molecule has 0 saturated carbocycles. The van der Waals surface area contributed by atoms with Crippen molar-refractivity contribution >= 4 is 21.6 Å². The first kappa shape index (κ1) is 11.6. The Bertz CT molecular complexity index is 411. The largest absolute Gasteiger partial charge is 0.0810 e. The monoisotopic (exact) mass is 246 g/mol. The first-order valence-electron chi connectivity index (χ1n) is 5.29. The van der Waals surface area contributed by atoms with Crippen molar-refractivity contribution in [2.75, 3.05) is 0 Å². The summed E-state index contributed by atoms with van der Waals surface area (Å²) >= 11 is 0. The van der Waals surface area contributed by atoms with E-state index in [0.29, 0.717) is 5.25 Å². The lowest BCUT2D eigenvalue weighted by Gasteiger charge is -2.10. The van der Waals surface area contributed by atoms with Crippen molar-refractivity contribution < 1.29 is 0 Å². The fourth-order valence-electron chi connectivity index (χ4n) is 1.38. The van der Waals surface area contributed by atoms with Gasteiger partial charge in [0.15, 0.2) is 0 Å². The first-order chi connectivity index (χ1) is 7.86. The van der Waals surface area contributed by atoms with Crippen molar-refractivity contribution in [3.63, 3.8) is 0 Å². The van der Waals surface area contributed by atoms with Crippen molar-refractivity contribution in [1.29, 1.82) is 0 Å². The van der Waals surface area contributed by atoms with E-state index in [9.17, 15) is 0 Å². The Balaban J connectivity index is 1.92. The van der Waals surface area contributed by atoms with E-state index in [2.05, 4.69) is 67.6 Å². The molecule has 2 heteroatoms. The molecule has 0 N–H and O–H groups in total. The molecule has 0 nitrogen and oxygen atoms in total.